The molecule has 34 heavy (non-hydrogen) atoms. The van der Waals surface area contributed by atoms with Crippen LogP contribution in [0.4, 0.5) is 33.6 Å². The Morgan fingerprint density at radius 3 is 2.35 bits per heavy atom. The van der Waals surface area contributed by atoms with Crippen LogP contribution in [0.5, 0.6) is 5.75 Å². The zero-order valence-electron chi connectivity index (χ0n) is 18.3. The van der Waals surface area contributed by atoms with E-state index in [1.807, 2.05) is 0 Å². The van der Waals surface area contributed by atoms with Crippen molar-refractivity contribution in [3.63, 3.8) is 0 Å². The topological polar surface area (TPSA) is 179 Å². The number of anilines is 4. The van der Waals surface area contributed by atoms with Crippen molar-refractivity contribution < 1.29 is 24.3 Å². The number of non-ortho nitro benzene ring substituents is 1. The van der Waals surface area contributed by atoms with Crippen LogP contribution < -0.4 is 15.6 Å². The smallest absolute Gasteiger partial charge is 0.300 e. The number of phenolic OH excluding ortho intramolecular Hbond substituents is 1. The van der Waals surface area contributed by atoms with Crippen LogP contribution >= 0.6 is 0 Å². The lowest BCUT2D eigenvalue weighted by Crippen LogP contribution is -2.15. The van der Waals surface area contributed by atoms with Crippen molar-refractivity contribution in [3.05, 3.63) is 64.0 Å². The highest BCUT2D eigenvalue weighted by atomic mass is 19.1. The second kappa shape index (κ2) is 11.7. The molecule has 0 unspecified atom stereocenters. The number of aliphatic carboxylic acids is 1. The number of halogens is 1. The number of nitrogens with zero attached hydrogens (tertiary/aromatic N) is 6. The van der Waals surface area contributed by atoms with E-state index in [0.717, 1.165) is 6.92 Å². The van der Waals surface area contributed by atoms with Gasteiger partial charge >= 0.3 is 0 Å². The number of rotatable bonds is 7. The summed E-state index contributed by atoms with van der Waals surface area (Å²) in [5.74, 6) is -0.776. The molecule has 4 N–H and O–H groups in total. The lowest BCUT2D eigenvalue weighted by Gasteiger charge is -2.13. The van der Waals surface area contributed by atoms with E-state index in [1.165, 1.54) is 48.7 Å². The van der Waals surface area contributed by atoms with Crippen LogP contribution in [0.1, 0.15) is 12.5 Å². The summed E-state index contributed by atoms with van der Waals surface area (Å²) < 4.78 is 13.1. The molecule has 0 fully saturated rings. The Balaban J connectivity index is 0.000000945. The molecule has 2 aromatic carbocycles. The van der Waals surface area contributed by atoms with Crippen LogP contribution in [0.15, 0.2) is 47.6 Å². The molecule has 0 bridgehead atoms. The lowest BCUT2D eigenvalue weighted by molar-refractivity contribution is -0.384. The van der Waals surface area contributed by atoms with Gasteiger partial charge in [0.25, 0.3) is 11.7 Å². The van der Waals surface area contributed by atoms with Gasteiger partial charge in [0.2, 0.25) is 17.8 Å². The zero-order chi connectivity index (χ0) is 25.3. The summed E-state index contributed by atoms with van der Waals surface area (Å²) >= 11 is 0. The number of phenols is 1. The van der Waals surface area contributed by atoms with Crippen LogP contribution in [-0.2, 0) is 4.79 Å². The average Bonchev–Trinajstić information content (AvgIpc) is 2.76. The zero-order valence-corrected chi connectivity index (χ0v) is 18.3. The third-order valence-corrected chi connectivity index (χ3v) is 3.71. The summed E-state index contributed by atoms with van der Waals surface area (Å²) in [6, 6.07) is 9.23. The fourth-order valence-electron chi connectivity index (χ4n) is 2.25. The third-order valence-electron chi connectivity index (χ3n) is 3.71. The van der Waals surface area contributed by atoms with Crippen molar-refractivity contribution in [2.75, 3.05) is 29.7 Å². The number of hydrazone groups is 1. The number of carboxylic acids is 1. The number of carboxylic acid groups (broad SMARTS) is 1. The van der Waals surface area contributed by atoms with Gasteiger partial charge < -0.3 is 20.4 Å². The lowest BCUT2D eigenvalue weighted by atomic mass is 10.2. The number of hydrogen-bond donors (Lipinski definition) is 4. The first kappa shape index (κ1) is 25.4. The predicted molar refractivity (Wildman–Crippen MR) is 123 cm³/mol. The quantitative estimate of drug-likeness (QED) is 0.226. The van der Waals surface area contributed by atoms with E-state index >= 15 is 0 Å². The molecule has 3 rings (SSSR count). The first-order valence-electron chi connectivity index (χ1n) is 9.47. The standard InChI is InChI=1S/C18H17FN8O3.C2H4O2/c1-26(2)18-23-16(21-13-5-3-12(19)4-6-13)22-17(24-18)25-20-10-11-9-14(27(29)30)7-8-15(11)28;1-2(3)4/h3-10,28H,1-2H3,(H2,21,22,23,24,25);1H3,(H,3,4)/b20-10+;. The molecule has 178 valence electrons. The maximum atomic E-state index is 13.1. The Bertz CT molecular complexity index is 1180. The minimum atomic E-state index is -0.833. The number of benzene rings is 2. The number of hydrogen-bond acceptors (Lipinski definition) is 11. The van der Waals surface area contributed by atoms with E-state index in [4.69, 9.17) is 9.90 Å². The minimum Gasteiger partial charge on any atom is -0.507 e. The number of aromatic nitrogens is 3. The molecule has 1 aromatic heterocycles. The Labute approximate surface area is 192 Å². The molecule has 0 atom stereocenters. The molecule has 0 spiro atoms. The number of aromatic hydroxyl groups is 1. The predicted octanol–water partition coefficient (Wildman–Crippen LogP) is 2.97. The minimum absolute atomic E-state index is 0.0829. The van der Waals surface area contributed by atoms with Gasteiger partial charge in [0.15, 0.2) is 0 Å². The summed E-state index contributed by atoms with van der Waals surface area (Å²) in [5.41, 5.74) is 3.13. The van der Waals surface area contributed by atoms with Crippen LogP contribution in [0.3, 0.4) is 0 Å². The molecule has 0 saturated heterocycles. The van der Waals surface area contributed by atoms with Crippen molar-refractivity contribution >= 4 is 41.4 Å². The molecule has 0 aliphatic carbocycles. The van der Waals surface area contributed by atoms with Crippen LogP contribution in [0, 0.1) is 15.9 Å². The van der Waals surface area contributed by atoms with Gasteiger partial charge in [0.1, 0.15) is 11.6 Å². The first-order valence-corrected chi connectivity index (χ1v) is 9.47. The molecule has 13 nitrogen and oxygen atoms in total. The number of nitrogens with one attached hydrogen (secondary N) is 2. The van der Waals surface area contributed by atoms with Gasteiger partial charge in [-0.1, -0.05) is 0 Å². The van der Waals surface area contributed by atoms with Crippen molar-refractivity contribution in [1.29, 1.82) is 0 Å². The molecular formula is C20H21FN8O5. The van der Waals surface area contributed by atoms with E-state index in [2.05, 4.69) is 30.8 Å². The second-order valence-electron chi connectivity index (χ2n) is 6.70. The number of nitro groups is 1. The molecule has 1 heterocycles. The summed E-state index contributed by atoms with van der Waals surface area (Å²) in [6.45, 7) is 1.08. The summed E-state index contributed by atoms with van der Waals surface area (Å²) in [7, 11) is 3.48. The highest BCUT2D eigenvalue weighted by Crippen LogP contribution is 2.21. The molecule has 3 aromatic rings. The van der Waals surface area contributed by atoms with Crippen molar-refractivity contribution in [2.24, 2.45) is 5.10 Å². The first-order chi connectivity index (χ1) is 16.0. The molecular weight excluding hydrogens is 451 g/mol. The number of nitro benzene ring substituents is 1. The SMILES string of the molecule is CC(=O)O.CN(C)c1nc(N/N=C/c2cc([N+](=O)[O-])ccc2O)nc(Nc2ccc(F)cc2)n1. The van der Waals surface area contributed by atoms with Gasteiger partial charge in [0.05, 0.1) is 11.1 Å². The Morgan fingerprint density at radius 2 is 1.76 bits per heavy atom. The highest BCUT2D eigenvalue weighted by Gasteiger charge is 2.10. The van der Waals surface area contributed by atoms with Crippen molar-refractivity contribution in [2.45, 2.75) is 6.92 Å². The molecule has 0 aliphatic rings. The fourth-order valence-corrected chi connectivity index (χ4v) is 2.25. The highest BCUT2D eigenvalue weighted by molar-refractivity contribution is 5.84. The average molecular weight is 472 g/mol. The normalized spacial score (nSPS) is 10.2. The van der Waals surface area contributed by atoms with E-state index in [-0.39, 0.29) is 34.7 Å². The van der Waals surface area contributed by atoms with E-state index in [9.17, 15) is 19.6 Å². The van der Waals surface area contributed by atoms with Crippen molar-refractivity contribution in [1.82, 2.24) is 15.0 Å². The maximum absolute atomic E-state index is 13.1. The van der Waals surface area contributed by atoms with Gasteiger partial charge in [-0.25, -0.2) is 9.82 Å². The Kier molecular flexibility index (Phi) is 8.70. The van der Waals surface area contributed by atoms with Gasteiger partial charge in [0, 0.05) is 44.4 Å². The van der Waals surface area contributed by atoms with E-state index in [1.54, 1.807) is 19.0 Å². The van der Waals surface area contributed by atoms with E-state index in [0.29, 0.717) is 11.6 Å². The van der Waals surface area contributed by atoms with Gasteiger partial charge in [-0.3, -0.25) is 14.9 Å². The third kappa shape index (κ3) is 7.99. The van der Waals surface area contributed by atoms with E-state index < -0.39 is 10.9 Å². The Morgan fingerprint density at radius 1 is 1.15 bits per heavy atom. The molecule has 14 heteroatoms. The molecule has 0 amide bonds. The monoisotopic (exact) mass is 472 g/mol. The van der Waals surface area contributed by atoms with Crippen LogP contribution in [-0.4, -0.2) is 56.4 Å². The van der Waals surface area contributed by atoms with Gasteiger partial charge in [-0.15, -0.1) is 0 Å². The molecule has 0 saturated carbocycles. The van der Waals surface area contributed by atoms with Crippen LogP contribution in [0.2, 0.25) is 0 Å². The van der Waals surface area contributed by atoms with Gasteiger partial charge in [-0.2, -0.15) is 20.1 Å². The summed E-state index contributed by atoms with van der Waals surface area (Å²) in [4.78, 5) is 33.6. The van der Waals surface area contributed by atoms with Gasteiger partial charge in [-0.05, 0) is 30.3 Å². The second-order valence-corrected chi connectivity index (χ2v) is 6.70. The number of carbonyl (C=O) groups is 1. The molecule has 0 radical (unpaired) electrons. The Hall–Kier alpha value is -4.88. The summed E-state index contributed by atoms with van der Waals surface area (Å²) in [6.07, 6.45) is 1.20. The molecule has 0 aliphatic heterocycles. The largest absolute Gasteiger partial charge is 0.507 e. The maximum Gasteiger partial charge on any atom is 0.300 e. The van der Waals surface area contributed by atoms with Crippen molar-refractivity contribution in [3.8, 4) is 5.75 Å². The van der Waals surface area contributed by atoms with Crippen LogP contribution in [0.25, 0.3) is 0 Å². The summed E-state index contributed by atoms with van der Waals surface area (Å²) in [5, 5.41) is 35.0. The fraction of sp³-hybridized carbons (Fsp3) is 0.150.